The predicted molar refractivity (Wildman–Crippen MR) is 63.2 cm³/mol. The predicted octanol–water partition coefficient (Wildman–Crippen LogP) is 1.38. The van der Waals surface area contributed by atoms with Gasteiger partial charge in [-0.2, -0.15) is 4.68 Å². The fourth-order valence-electron chi connectivity index (χ4n) is 1.64. The lowest BCUT2D eigenvalue weighted by Crippen LogP contribution is -2.03. The number of anilines is 1. The normalized spacial score (nSPS) is 11.0. The average Bonchev–Trinajstić information content (AvgIpc) is 2.64. The molecule has 0 saturated carbocycles. The molecular weight excluding hydrogens is 220 g/mol. The molecule has 0 atom stereocenters. The van der Waals surface area contributed by atoms with E-state index in [2.05, 4.69) is 10.3 Å². The molecule has 0 radical (unpaired) electrons. The molecule has 0 aliphatic heterocycles. The lowest BCUT2D eigenvalue weighted by molar-refractivity contribution is 0.441. The lowest BCUT2D eigenvalue weighted by Gasteiger charge is -2.12. The van der Waals surface area contributed by atoms with Crippen molar-refractivity contribution in [2.75, 3.05) is 5.73 Å². The zero-order valence-electron chi connectivity index (χ0n) is 9.62. The molecule has 0 aliphatic carbocycles. The number of aromatic nitrogens is 3. The van der Waals surface area contributed by atoms with Crippen LogP contribution in [0, 0.1) is 0 Å². The molecule has 0 unspecified atom stereocenters. The molecular formula is C11H14N4O2. The van der Waals surface area contributed by atoms with E-state index in [0.717, 1.165) is 0 Å². The second kappa shape index (κ2) is 3.97. The minimum Gasteiger partial charge on any atom is -0.508 e. The van der Waals surface area contributed by atoms with E-state index in [1.165, 1.54) is 16.9 Å². The Morgan fingerprint density at radius 1 is 1.24 bits per heavy atom. The van der Waals surface area contributed by atoms with E-state index in [9.17, 15) is 10.2 Å². The van der Waals surface area contributed by atoms with E-state index in [-0.39, 0.29) is 17.4 Å². The van der Waals surface area contributed by atoms with Crippen molar-refractivity contribution in [1.82, 2.24) is 15.0 Å². The molecule has 2 rings (SSSR count). The van der Waals surface area contributed by atoms with Gasteiger partial charge in [0.1, 0.15) is 23.0 Å². The summed E-state index contributed by atoms with van der Waals surface area (Å²) in [6.45, 7) is 3.89. The van der Waals surface area contributed by atoms with E-state index < -0.39 is 0 Å². The van der Waals surface area contributed by atoms with Crippen molar-refractivity contribution in [3.63, 3.8) is 0 Å². The van der Waals surface area contributed by atoms with Gasteiger partial charge in [0.2, 0.25) is 0 Å². The highest BCUT2D eigenvalue weighted by atomic mass is 16.3. The molecule has 0 amide bonds. The third kappa shape index (κ3) is 1.89. The quantitative estimate of drug-likeness (QED) is 0.729. The van der Waals surface area contributed by atoms with Crippen LogP contribution in [0.2, 0.25) is 0 Å². The van der Waals surface area contributed by atoms with Crippen LogP contribution in [0.25, 0.3) is 5.69 Å². The molecule has 1 heterocycles. The molecule has 0 aliphatic rings. The second-order valence-corrected chi connectivity index (χ2v) is 4.13. The van der Waals surface area contributed by atoms with Crippen molar-refractivity contribution in [2.24, 2.45) is 0 Å². The van der Waals surface area contributed by atoms with E-state index >= 15 is 0 Å². The van der Waals surface area contributed by atoms with E-state index in [1.54, 1.807) is 6.07 Å². The van der Waals surface area contributed by atoms with Gasteiger partial charge in [0, 0.05) is 6.07 Å². The van der Waals surface area contributed by atoms with Crippen LogP contribution in [0.5, 0.6) is 11.5 Å². The molecule has 4 N–H and O–H groups in total. The number of rotatable bonds is 2. The second-order valence-electron chi connectivity index (χ2n) is 4.13. The maximum atomic E-state index is 9.79. The minimum atomic E-state index is -0.0934. The molecule has 90 valence electrons. The van der Waals surface area contributed by atoms with Gasteiger partial charge in [-0.3, -0.25) is 0 Å². The van der Waals surface area contributed by atoms with Crippen LogP contribution in [0.1, 0.15) is 25.3 Å². The third-order valence-electron chi connectivity index (χ3n) is 2.55. The van der Waals surface area contributed by atoms with E-state index in [4.69, 9.17) is 5.73 Å². The molecule has 0 saturated heterocycles. The molecule has 1 aromatic heterocycles. The lowest BCUT2D eigenvalue weighted by atomic mass is 10.0. The smallest absolute Gasteiger partial charge is 0.147 e. The van der Waals surface area contributed by atoms with Crippen molar-refractivity contribution >= 4 is 5.82 Å². The first-order valence-corrected chi connectivity index (χ1v) is 5.23. The first-order valence-electron chi connectivity index (χ1n) is 5.23. The topological polar surface area (TPSA) is 97.2 Å². The summed E-state index contributed by atoms with van der Waals surface area (Å²) < 4.78 is 1.32. The highest BCUT2D eigenvalue weighted by Crippen LogP contribution is 2.34. The number of nitrogen functional groups attached to an aromatic ring is 1. The van der Waals surface area contributed by atoms with Crippen molar-refractivity contribution in [3.8, 4) is 17.2 Å². The van der Waals surface area contributed by atoms with Crippen LogP contribution >= 0.6 is 0 Å². The summed E-state index contributed by atoms with van der Waals surface area (Å²) in [5.41, 5.74) is 6.79. The highest BCUT2D eigenvalue weighted by Gasteiger charge is 2.14. The zero-order valence-corrected chi connectivity index (χ0v) is 9.62. The molecule has 1 aromatic carbocycles. The number of phenols is 2. The number of benzene rings is 1. The molecule has 0 fully saturated rings. The monoisotopic (exact) mass is 234 g/mol. The van der Waals surface area contributed by atoms with Gasteiger partial charge in [-0.15, -0.1) is 5.10 Å². The molecule has 0 spiro atoms. The van der Waals surface area contributed by atoms with Gasteiger partial charge < -0.3 is 15.9 Å². The van der Waals surface area contributed by atoms with Crippen LogP contribution in [0.4, 0.5) is 5.82 Å². The minimum absolute atomic E-state index is 0.0555. The van der Waals surface area contributed by atoms with Gasteiger partial charge in [0.05, 0.1) is 6.20 Å². The summed E-state index contributed by atoms with van der Waals surface area (Å²) >= 11 is 0. The number of nitrogens with two attached hydrogens (primary N) is 1. The van der Waals surface area contributed by atoms with Crippen LogP contribution in [0.3, 0.4) is 0 Å². The van der Waals surface area contributed by atoms with Crippen molar-refractivity contribution in [1.29, 1.82) is 0 Å². The SMILES string of the molecule is CC(C)c1cc(-n2nncc2N)c(O)cc1O. The van der Waals surface area contributed by atoms with Crippen LogP contribution in [-0.2, 0) is 0 Å². The van der Waals surface area contributed by atoms with Crippen LogP contribution in [0.15, 0.2) is 18.3 Å². The molecule has 6 nitrogen and oxygen atoms in total. The highest BCUT2D eigenvalue weighted by molar-refractivity contribution is 5.56. The number of hydrogen-bond acceptors (Lipinski definition) is 5. The summed E-state index contributed by atoms with van der Waals surface area (Å²) in [6, 6.07) is 2.94. The summed E-state index contributed by atoms with van der Waals surface area (Å²) in [7, 11) is 0. The molecule has 6 heteroatoms. The first kappa shape index (κ1) is 11.3. The van der Waals surface area contributed by atoms with E-state index in [0.29, 0.717) is 17.1 Å². The van der Waals surface area contributed by atoms with Crippen LogP contribution < -0.4 is 5.73 Å². The molecule has 17 heavy (non-hydrogen) atoms. The fourth-order valence-corrected chi connectivity index (χ4v) is 1.64. The Balaban J connectivity index is 2.63. The number of phenolic OH excluding ortho intramolecular Hbond substituents is 2. The Hall–Kier alpha value is -2.24. The van der Waals surface area contributed by atoms with Gasteiger partial charge >= 0.3 is 0 Å². The Morgan fingerprint density at radius 2 is 1.94 bits per heavy atom. The molecule has 0 bridgehead atoms. The van der Waals surface area contributed by atoms with Crippen LogP contribution in [-0.4, -0.2) is 25.2 Å². The zero-order chi connectivity index (χ0) is 12.6. The van der Waals surface area contributed by atoms with Gasteiger partial charge in [0.15, 0.2) is 0 Å². The maximum Gasteiger partial charge on any atom is 0.147 e. The average molecular weight is 234 g/mol. The number of hydrogen-bond donors (Lipinski definition) is 3. The summed E-state index contributed by atoms with van der Waals surface area (Å²) in [5.74, 6) is 0.406. The van der Waals surface area contributed by atoms with Gasteiger partial charge in [-0.05, 0) is 17.5 Å². The Labute approximate surface area is 98.3 Å². The largest absolute Gasteiger partial charge is 0.508 e. The first-order chi connectivity index (χ1) is 8.00. The van der Waals surface area contributed by atoms with Gasteiger partial charge in [-0.25, -0.2) is 0 Å². The van der Waals surface area contributed by atoms with Gasteiger partial charge in [0.25, 0.3) is 0 Å². The Morgan fingerprint density at radius 3 is 2.47 bits per heavy atom. The standard InChI is InChI=1S/C11H14N4O2/c1-6(2)7-3-8(10(17)4-9(7)16)15-11(12)5-13-14-15/h3-6,16-17H,12H2,1-2H3. The maximum absolute atomic E-state index is 9.79. The van der Waals surface area contributed by atoms with Crippen molar-refractivity contribution in [3.05, 3.63) is 23.9 Å². The number of aromatic hydroxyl groups is 2. The summed E-state index contributed by atoms with van der Waals surface area (Å²) in [5, 5.41) is 26.9. The molecule has 2 aromatic rings. The van der Waals surface area contributed by atoms with Gasteiger partial charge in [-0.1, -0.05) is 19.1 Å². The number of nitrogens with zero attached hydrogens (tertiary/aromatic N) is 3. The fraction of sp³-hybridized carbons (Fsp3) is 0.273. The van der Waals surface area contributed by atoms with E-state index in [1.807, 2.05) is 13.8 Å². The summed E-state index contributed by atoms with van der Waals surface area (Å²) in [4.78, 5) is 0. The van der Waals surface area contributed by atoms with Crippen molar-refractivity contribution < 1.29 is 10.2 Å². The summed E-state index contributed by atoms with van der Waals surface area (Å²) in [6.07, 6.45) is 1.39. The Kier molecular flexibility index (Phi) is 2.63. The van der Waals surface area contributed by atoms with Crippen molar-refractivity contribution in [2.45, 2.75) is 19.8 Å². The third-order valence-corrected chi connectivity index (χ3v) is 2.55. The Bertz CT molecular complexity index is 548.